The molecule has 0 radical (unpaired) electrons. The number of rotatable bonds is 2. The lowest BCUT2D eigenvalue weighted by Crippen LogP contribution is -2.39. The van der Waals surface area contributed by atoms with Crippen LogP contribution in [0.25, 0.3) is 11.4 Å². The first-order chi connectivity index (χ1) is 9.15. The zero-order chi connectivity index (χ0) is 13.4. The van der Waals surface area contributed by atoms with Crippen molar-refractivity contribution in [2.75, 3.05) is 13.1 Å². The van der Waals surface area contributed by atoms with E-state index in [0.717, 1.165) is 17.8 Å². The van der Waals surface area contributed by atoms with Gasteiger partial charge in [-0.15, -0.1) is 0 Å². The number of hydrogen-bond donors (Lipinski definition) is 1. The number of nitrogens with zero attached hydrogens (tertiary/aromatic N) is 3. The van der Waals surface area contributed by atoms with Crippen molar-refractivity contribution in [2.45, 2.75) is 33.0 Å². The summed E-state index contributed by atoms with van der Waals surface area (Å²) in [7, 11) is 0. The third-order valence-electron chi connectivity index (χ3n) is 3.13. The van der Waals surface area contributed by atoms with E-state index in [9.17, 15) is 0 Å². The van der Waals surface area contributed by atoms with Gasteiger partial charge in [0.1, 0.15) is 11.9 Å². The molecule has 0 unspecified atom stereocenters. The van der Waals surface area contributed by atoms with Crippen molar-refractivity contribution in [2.24, 2.45) is 0 Å². The van der Waals surface area contributed by atoms with E-state index in [2.05, 4.69) is 20.6 Å². The normalized spacial score (nSPS) is 23.7. The first kappa shape index (κ1) is 12.3. The third kappa shape index (κ3) is 2.26. The minimum Gasteiger partial charge on any atom is -0.363 e. The fraction of sp³-hybridized carbons (Fsp3) is 0.583. The van der Waals surface area contributed by atoms with Gasteiger partial charge in [-0.1, -0.05) is 10.3 Å². The van der Waals surface area contributed by atoms with E-state index in [1.54, 1.807) is 0 Å². The largest absolute Gasteiger partial charge is 0.363 e. The smallest absolute Gasteiger partial charge is 0.257 e. The molecule has 0 amide bonds. The summed E-state index contributed by atoms with van der Waals surface area (Å²) >= 11 is 0. The van der Waals surface area contributed by atoms with E-state index in [0.29, 0.717) is 24.0 Å². The Hall–Kier alpha value is -1.73. The average Bonchev–Trinajstić information content (AvgIpc) is 2.97. The monoisotopic (exact) mass is 264 g/mol. The number of ether oxygens (including phenoxy) is 1. The summed E-state index contributed by atoms with van der Waals surface area (Å²) in [5, 5.41) is 11.1. The molecule has 1 N–H and O–H groups in total. The van der Waals surface area contributed by atoms with Crippen molar-refractivity contribution in [3.05, 3.63) is 17.3 Å². The van der Waals surface area contributed by atoms with Crippen LogP contribution in [0.3, 0.4) is 0 Å². The first-order valence-corrected chi connectivity index (χ1v) is 6.28. The molecule has 102 valence electrons. The molecular weight excluding hydrogens is 248 g/mol. The molecule has 3 rings (SSSR count). The van der Waals surface area contributed by atoms with Gasteiger partial charge < -0.3 is 19.1 Å². The lowest BCUT2D eigenvalue weighted by molar-refractivity contribution is -0.0438. The molecule has 2 aromatic rings. The summed E-state index contributed by atoms with van der Waals surface area (Å²) in [6.45, 7) is 7.19. The van der Waals surface area contributed by atoms with Gasteiger partial charge in [0.25, 0.3) is 5.89 Å². The highest BCUT2D eigenvalue weighted by atomic mass is 16.5. The lowest BCUT2D eigenvalue weighted by atomic mass is 10.2. The molecule has 1 aliphatic heterocycles. The van der Waals surface area contributed by atoms with Crippen molar-refractivity contribution in [3.8, 4) is 11.4 Å². The summed E-state index contributed by atoms with van der Waals surface area (Å²) in [5.41, 5.74) is 1.53. The van der Waals surface area contributed by atoms with E-state index < -0.39 is 0 Å². The molecule has 0 aromatic carbocycles. The molecule has 7 nitrogen and oxygen atoms in total. The Labute approximate surface area is 110 Å². The topological polar surface area (TPSA) is 86.2 Å². The number of morpholine rings is 1. The molecule has 1 aliphatic rings. The zero-order valence-corrected chi connectivity index (χ0v) is 11.1. The van der Waals surface area contributed by atoms with Crippen LogP contribution < -0.4 is 5.32 Å². The SMILES string of the molecule is Cc1noc(C)c1-c1noc([C@H]2CNC[C@@H](C)O2)n1. The van der Waals surface area contributed by atoms with Crippen LogP contribution in [0.15, 0.2) is 9.05 Å². The average molecular weight is 264 g/mol. The van der Waals surface area contributed by atoms with Crippen LogP contribution in [-0.4, -0.2) is 34.5 Å². The van der Waals surface area contributed by atoms with Crippen LogP contribution in [0.5, 0.6) is 0 Å². The number of hydrogen-bond acceptors (Lipinski definition) is 7. The second-order valence-corrected chi connectivity index (χ2v) is 4.75. The molecule has 2 aromatic heterocycles. The maximum Gasteiger partial charge on any atom is 0.257 e. The van der Waals surface area contributed by atoms with Crippen molar-refractivity contribution in [1.82, 2.24) is 20.6 Å². The van der Waals surface area contributed by atoms with Crippen molar-refractivity contribution in [1.29, 1.82) is 0 Å². The molecule has 2 atom stereocenters. The van der Waals surface area contributed by atoms with E-state index in [4.69, 9.17) is 13.8 Å². The summed E-state index contributed by atoms with van der Waals surface area (Å²) in [4.78, 5) is 4.39. The summed E-state index contributed by atoms with van der Waals surface area (Å²) in [6, 6.07) is 0. The van der Waals surface area contributed by atoms with Gasteiger partial charge in [0.05, 0.1) is 17.4 Å². The molecule has 7 heteroatoms. The van der Waals surface area contributed by atoms with E-state index in [-0.39, 0.29) is 12.2 Å². The van der Waals surface area contributed by atoms with Gasteiger partial charge in [0.15, 0.2) is 0 Å². The standard InChI is InChI=1S/C12H16N4O3/c1-6-4-13-5-9(17-6)12-14-11(16-19-12)10-7(2)15-18-8(10)3/h6,9,13H,4-5H2,1-3H3/t6-,9-/m1/s1. The van der Waals surface area contributed by atoms with E-state index >= 15 is 0 Å². The Balaban J connectivity index is 1.87. The highest BCUT2D eigenvalue weighted by Gasteiger charge is 2.27. The maximum absolute atomic E-state index is 5.77. The minimum absolute atomic E-state index is 0.133. The van der Waals surface area contributed by atoms with Gasteiger partial charge in [-0.05, 0) is 20.8 Å². The van der Waals surface area contributed by atoms with Gasteiger partial charge in [0.2, 0.25) is 5.82 Å². The van der Waals surface area contributed by atoms with Crippen LogP contribution in [0.4, 0.5) is 0 Å². The molecule has 0 aliphatic carbocycles. The van der Waals surface area contributed by atoms with Crippen LogP contribution >= 0.6 is 0 Å². The van der Waals surface area contributed by atoms with Crippen molar-refractivity contribution < 1.29 is 13.8 Å². The van der Waals surface area contributed by atoms with Gasteiger partial charge >= 0.3 is 0 Å². The van der Waals surface area contributed by atoms with Crippen LogP contribution in [0.1, 0.15) is 30.4 Å². The van der Waals surface area contributed by atoms with Crippen LogP contribution in [0, 0.1) is 13.8 Å². The molecular formula is C12H16N4O3. The predicted octanol–water partition coefficient (Wildman–Crippen LogP) is 1.39. The summed E-state index contributed by atoms with van der Waals surface area (Å²) in [5.74, 6) is 1.66. The van der Waals surface area contributed by atoms with Gasteiger partial charge in [-0.3, -0.25) is 0 Å². The zero-order valence-electron chi connectivity index (χ0n) is 11.1. The lowest BCUT2D eigenvalue weighted by Gasteiger charge is -2.25. The van der Waals surface area contributed by atoms with E-state index in [1.807, 2.05) is 20.8 Å². The van der Waals surface area contributed by atoms with Crippen LogP contribution in [-0.2, 0) is 4.74 Å². The molecule has 1 saturated heterocycles. The van der Waals surface area contributed by atoms with Crippen LogP contribution in [0.2, 0.25) is 0 Å². The highest BCUT2D eigenvalue weighted by molar-refractivity contribution is 5.59. The van der Waals surface area contributed by atoms with E-state index in [1.165, 1.54) is 0 Å². The Kier molecular flexibility index (Phi) is 3.08. The second-order valence-electron chi connectivity index (χ2n) is 4.75. The number of nitrogens with one attached hydrogen (secondary N) is 1. The molecule has 1 fully saturated rings. The number of aryl methyl sites for hydroxylation is 2. The Morgan fingerprint density at radius 1 is 1.16 bits per heavy atom. The Bertz CT molecular complexity index is 558. The van der Waals surface area contributed by atoms with Gasteiger partial charge in [0, 0.05) is 13.1 Å². The minimum atomic E-state index is -0.203. The first-order valence-electron chi connectivity index (χ1n) is 6.28. The molecule has 19 heavy (non-hydrogen) atoms. The number of aromatic nitrogens is 3. The molecule has 3 heterocycles. The predicted molar refractivity (Wildman–Crippen MR) is 65.4 cm³/mol. The summed E-state index contributed by atoms with van der Waals surface area (Å²) in [6.07, 6.45) is -0.0707. The maximum atomic E-state index is 5.77. The molecule has 0 spiro atoms. The summed E-state index contributed by atoms with van der Waals surface area (Å²) < 4.78 is 16.2. The molecule has 0 bridgehead atoms. The van der Waals surface area contributed by atoms with Gasteiger partial charge in [-0.25, -0.2) is 0 Å². The second kappa shape index (κ2) is 4.75. The Morgan fingerprint density at radius 2 is 2.00 bits per heavy atom. The Morgan fingerprint density at radius 3 is 2.68 bits per heavy atom. The van der Waals surface area contributed by atoms with Crippen molar-refractivity contribution >= 4 is 0 Å². The van der Waals surface area contributed by atoms with Gasteiger partial charge in [-0.2, -0.15) is 4.98 Å². The fourth-order valence-corrected chi connectivity index (χ4v) is 2.21. The fourth-order valence-electron chi connectivity index (χ4n) is 2.21. The third-order valence-corrected chi connectivity index (χ3v) is 3.13. The molecule has 0 saturated carbocycles. The van der Waals surface area contributed by atoms with Crippen molar-refractivity contribution in [3.63, 3.8) is 0 Å². The quantitative estimate of drug-likeness (QED) is 0.877. The highest BCUT2D eigenvalue weighted by Crippen LogP contribution is 2.27.